The minimum atomic E-state index is -0.423. The molecular weight excluding hydrogens is 384 g/mol. The largest absolute Gasteiger partial charge is 0.497 e. The van der Waals surface area contributed by atoms with Gasteiger partial charge in [0.15, 0.2) is 0 Å². The van der Waals surface area contributed by atoms with E-state index in [1.165, 1.54) is 7.11 Å². The first-order chi connectivity index (χ1) is 14.6. The number of methoxy groups -OCH3 is 2. The van der Waals surface area contributed by atoms with Crippen LogP contribution in [0.25, 0.3) is 0 Å². The molecule has 8 nitrogen and oxygen atoms in total. The van der Waals surface area contributed by atoms with Crippen LogP contribution >= 0.6 is 0 Å². The molecule has 8 heteroatoms. The van der Waals surface area contributed by atoms with Crippen molar-refractivity contribution >= 4 is 17.7 Å². The number of benzene rings is 2. The van der Waals surface area contributed by atoms with E-state index in [2.05, 4.69) is 15.3 Å². The van der Waals surface area contributed by atoms with E-state index in [1.54, 1.807) is 42.6 Å². The Kier molecular flexibility index (Phi) is 5.38. The molecule has 154 valence electrons. The molecule has 2 N–H and O–H groups in total. The molecule has 0 aliphatic carbocycles. The summed E-state index contributed by atoms with van der Waals surface area (Å²) in [5.41, 5.74) is 3.77. The normalized spacial score (nSPS) is 15.3. The Morgan fingerprint density at radius 1 is 1.17 bits per heavy atom. The van der Waals surface area contributed by atoms with E-state index in [1.807, 2.05) is 24.3 Å². The molecule has 1 aromatic heterocycles. The van der Waals surface area contributed by atoms with Crippen LogP contribution in [0.2, 0.25) is 0 Å². The molecule has 2 heterocycles. The van der Waals surface area contributed by atoms with Crippen LogP contribution in [-0.2, 0) is 11.2 Å². The van der Waals surface area contributed by atoms with Gasteiger partial charge < -0.3 is 24.7 Å². The van der Waals surface area contributed by atoms with Crippen molar-refractivity contribution in [3.63, 3.8) is 0 Å². The van der Waals surface area contributed by atoms with E-state index in [0.717, 1.165) is 17.0 Å². The fraction of sp³-hybridized carbons (Fsp3) is 0.227. The standard InChI is InChI=1S/C22H22N4O4/c1-29-17-5-3-4-15(12-17)20-19-18(23-13-24-19)10-11-26(20)22(28)25-16-8-6-14(7-9-16)21(27)30-2/h3-9,12-13,20H,10-11H2,1-2H3,(H,23,24)(H,25,28). The van der Waals surface area contributed by atoms with Crippen LogP contribution < -0.4 is 10.1 Å². The summed E-state index contributed by atoms with van der Waals surface area (Å²) in [6.07, 6.45) is 2.34. The molecule has 1 aliphatic rings. The summed E-state index contributed by atoms with van der Waals surface area (Å²) in [6.45, 7) is 0.531. The number of aromatic amines is 1. The van der Waals surface area contributed by atoms with Crippen LogP contribution in [0, 0.1) is 0 Å². The van der Waals surface area contributed by atoms with E-state index >= 15 is 0 Å². The molecule has 1 aliphatic heterocycles. The van der Waals surface area contributed by atoms with Gasteiger partial charge in [0, 0.05) is 24.3 Å². The summed E-state index contributed by atoms with van der Waals surface area (Å²) in [4.78, 5) is 34.2. The number of urea groups is 1. The number of esters is 1. The summed E-state index contributed by atoms with van der Waals surface area (Å²) in [7, 11) is 2.94. The highest BCUT2D eigenvalue weighted by Gasteiger charge is 2.34. The van der Waals surface area contributed by atoms with E-state index in [4.69, 9.17) is 9.47 Å². The molecular formula is C22H22N4O4. The van der Waals surface area contributed by atoms with Crippen molar-refractivity contribution in [2.75, 3.05) is 26.1 Å². The van der Waals surface area contributed by atoms with Crippen LogP contribution in [0.15, 0.2) is 54.9 Å². The number of carbonyl (C=O) groups excluding carboxylic acids is 2. The maximum atomic E-state index is 13.2. The Bertz CT molecular complexity index is 1060. The second-order valence-corrected chi connectivity index (χ2v) is 6.89. The first kappa shape index (κ1) is 19.5. The fourth-order valence-corrected chi connectivity index (χ4v) is 3.65. The van der Waals surface area contributed by atoms with Gasteiger partial charge in [0.25, 0.3) is 0 Å². The SMILES string of the molecule is COC(=O)c1ccc(NC(=O)N2CCc3[nH]cnc3C2c2cccc(OC)c2)cc1. The molecule has 30 heavy (non-hydrogen) atoms. The number of anilines is 1. The molecule has 2 aromatic carbocycles. The van der Waals surface area contributed by atoms with Crippen LogP contribution in [0.4, 0.5) is 10.5 Å². The molecule has 3 aromatic rings. The minimum absolute atomic E-state index is 0.248. The Morgan fingerprint density at radius 2 is 1.97 bits per heavy atom. The van der Waals surface area contributed by atoms with E-state index < -0.39 is 5.97 Å². The number of carbonyl (C=O) groups is 2. The van der Waals surface area contributed by atoms with Crippen LogP contribution in [-0.4, -0.2) is 47.6 Å². The molecule has 0 radical (unpaired) electrons. The number of nitrogens with zero attached hydrogens (tertiary/aromatic N) is 2. The zero-order chi connectivity index (χ0) is 21.1. The molecule has 1 atom stereocenters. The molecule has 1 unspecified atom stereocenters. The first-order valence-electron chi connectivity index (χ1n) is 9.53. The second-order valence-electron chi connectivity index (χ2n) is 6.89. The third-order valence-electron chi connectivity index (χ3n) is 5.15. The van der Waals surface area contributed by atoms with Crippen LogP contribution in [0.5, 0.6) is 5.75 Å². The Balaban J connectivity index is 1.61. The van der Waals surface area contributed by atoms with Crippen molar-refractivity contribution in [2.24, 2.45) is 0 Å². The van der Waals surface area contributed by atoms with Gasteiger partial charge in [0.2, 0.25) is 0 Å². The van der Waals surface area contributed by atoms with Gasteiger partial charge in [-0.3, -0.25) is 0 Å². The highest BCUT2D eigenvalue weighted by molar-refractivity contribution is 5.92. The monoisotopic (exact) mass is 406 g/mol. The zero-order valence-corrected chi connectivity index (χ0v) is 16.7. The van der Waals surface area contributed by atoms with Gasteiger partial charge in [0.05, 0.1) is 31.8 Å². The lowest BCUT2D eigenvalue weighted by atomic mass is 9.96. The number of rotatable bonds is 4. The number of amides is 2. The number of aromatic nitrogens is 2. The molecule has 0 saturated carbocycles. The summed E-state index contributed by atoms with van der Waals surface area (Å²) in [6, 6.07) is 13.6. The number of H-pyrrole nitrogens is 1. The lowest BCUT2D eigenvalue weighted by molar-refractivity contribution is 0.0600. The average Bonchev–Trinajstić information content (AvgIpc) is 3.27. The lowest BCUT2D eigenvalue weighted by Gasteiger charge is -2.35. The molecule has 0 spiro atoms. The minimum Gasteiger partial charge on any atom is -0.497 e. The van der Waals surface area contributed by atoms with Crippen molar-refractivity contribution in [1.82, 2.24) is 14.9 Å². The van der Waals surface area contributed by atoms with Crippen molar-refractivity contribution in [3.8, 4) is 5.75 Å². The number of ether oxygens (including phenoxy) is 2. The maximum Gasteiger partial charge on any atom is 0.337 e. The van der Waals surface area contributed by atoms with E-state index in [-0.39, 0.29) is 12.1 Å². The average molecular weight is 406 g/mol. The van der Waals surface area contributed by atoms with Crippen molar-refractivity contribution in [1.29, 1.82) is 0 Å². The smallest absolute Gasteiger partial charge is 0.337 e. The van der Waals surface area contributed by atoms with Crippen molar-refractivity contribution < 1.29 is 19.1 Å². The highest BCUT2D eigenvalue weighted by Crippen LogP contribution is 2.35. The third kappa shape index (κ3) is 3.71. The predicted octanol–water partition coefficient (Wildman–Crippen LogP) is 3.38. The number of fused-ring (bicyclic) bond motifs is 1. The highest BCUT2D eigenvalue weighted by atomic mass is 16.5. The zero-order valence-electron chi connectivity index (χ0n) is 16.7. The number of nitrogens with one attached hydrogen (secondary N) is 2. The summed E-state index contributed by atoms with van der Waals surface area (Å²) < 4.78 is 10.1. The molecule has 0 fully saturated rings. The van der Waals surface area contributed by atoms with Gasteiger partial charge in [-0.05, 0) is 42.0 Å². The molecule has 0 saturated heterocycles. The Morgan fingerprint density at radius 3 is 2.70 bits per heavy atom. The van der Waals surface area contributed by atoms with Gasteiger partial charge in [-0.2, -0.15) is 0 Å². The number of imidazole rings is 1. The lowest BCUT2D eigenvalue weighted by Crippen LogP contribution is -2.43. The Labute approximate surface area is 173 Å². The van der Waals surface area contributed by atoms with Gasteiger partial charge >= 0.3 is 12.0 Å². The van der Waals surface area contributed by atoms with Crippen LogP contribution in [0.3, 0.4) is 0 Å². The van der Waals surface area contributed by atoms with Gasteiger partial charge in [-0.1, -0.05) is 12.1 Å². The maximum absolute atomic E-state index is 13.2. The van der Waals surface area contributed by atoms with Gasteiger partial charge in [-0.15, -0.1) is 0 Å². The number of hydrogen-bond acceptors (Lipinski definition) is 5. The summed E-state index contributed by atoms with van der Waals surface area (Å²) in [5, 5.41) is 2.91. The van der Waals surface area contributed by atoms with Crippen molar-refractivity contribution in [2.45, 2.75) is 12.5 Å². The third-order valence-corrected chi connectivity index (χ3v) is 5.15. The molecule has 2 amide bonds. The first-order valence-corrected chi connectivity index (χ1v) is 9.53. The van der Waals surface area contributed by atoms with Gasteiger partial charge in [-0.25, -0.2) is 14.6 Å². The second kappa shape index (κ2) is 8.28. The molecule has 4 rings (SSSR count). The fourth-order valence-electron chi connectivity index (χ4n) is 3.65. The Hall–Kier alpha value is -3.81. The summed E-state index contributed by atoms with van der Waals surface area (Å²) >= 11 is 0. The number of hydrogen-bond donors (Lipinski definition) is 2. The van der Waals surface area contributed by atoms with E-state index in [0.29, 0.717) is 30.0 Å². The summed E-state index contributed by atoms with van der Waals surface area (Å²) in [5.74, 6) is 0.293. The predicted molar refractivity (Wildman–Crippen MR) is 111 cm³/mol. The van der Waals surface area contributed by atoms with Crippen LogP contribution in [0.1, 0.15) is 33.4 Å². The van der Waals surface area contributed by atoms with Gasteiger partial charge in [0.1, 0.15) is 11.8 Å². The van der Waals surface area contributed by atoms with Crippen molar-refractivity contribution in [3.05, 3.63) is 77.4 Å². The topological polar surface area (TPSA) is 96.6 Å². The quantitative estimate of drug-likeness (QED) is 0.648. The van der Waals surface area contributed by atoms with E-state index in [9.17, 15) is 9.59 Å². The molecule has 0 bridgehead atoms.